The molecule has 4 aromatic heterocycles. The Kier molecular flexibility index (Phi) is 4.25. The first-order valence-electron chi connectivity index (χ1n) is 12.1. The standard InChI is InChI=1S/C28H10O16/c29-5-1-3-7(17(33)15(5)31)9-13-11-12-14(28(40)44-23(11)19(35)21(9)41-25(3)37)10-8-4(2-6(30)16(32)18(8)34)26(38)42-22(10)20(36)24(12)43-27(13)39/h1-2,29-36H. The molecule has 8 rings (SSSR count). The Balaban J connectivity index is 1.81. The van der Waals surface area contributed by atoms with Gasteiger partial charge in [0.05, 0.1) is 21.5 Å². The van der Waals surface area contributed by atoms with Crippen LogP contribution in [0, 0.1) is 0 Å². The van der Waals surface area contributed by atoms with Gasteiger partial charge in [0.15, 0.2) is 45.3 Å². The summed E-state index contributed by atoms with van der Waals surface area (Å²) in [5.41, 5.74) is -8.31. The molecule has 0 saturated carbocycles. The van der Waals surface area contributed by atoms with Crippen molar-refractivity contribution in [2.24, 2.45) is 0 Å². The van der Waals surface area contributed by atoms with Gasteiger partial charge in [0, 0.05) is 32.3 Å². The molecule has 0 bridgehead atoms. The average Bonchev–Trinajstić information content (AvgIpc) is 2.98. The fourth-order valence-electron chi connectivity index (χ4n) is 5.84. The minimum absolute atomic E-state index is 0.461. The number of phenols is 8. The van der Waals surface area contributed by atoms with E-state index in [2.05, 4.69) is 0 Å². The molecular weight excluding hydrogens is 592 g/mol. The van der Waals surface area contributed by atoms with Gasteiger partial charge in [0.1, 0.15) is 0 Å². The molecule has 16 nitrogen and oxygen atoms in total. The Hall–Kier alpha value is -6.84. The lowest BCUT2D eigenvalue weighted by atomic mass is 9.93. The van der Waals surface area contributed by atoms with Gasteiger partial charge in [-0.15, -0.1) is 0 Å². The molecule has 0 atom stereocenters. The summed E-state index contributed by atoms with van der Waals surface area (Å²) < 4.78 is 21.0. The Morgan fingerprint density at radius 3 is 0.977 bits per heavy atom. The van der Waals surface area contributed by atoms with E-state index in [0.717, 1.165) is 12.1 Å². The number of phenolic OH excluding ortho intramolecular Hbond substituents is 8. The van der Waals surface area contributed by atoms with Crippen LogP contribution in [0.2, 0.25) is 0 Å². The maximum absolute atomic E-state index is 13.6. The smallest absolute Gasteiger partial charge is 0.345 e. The molecule has 0 saturated heterocycles. The van der Waals surface area contributed by atoms with Gasteiger partial charge in [0.25, 0.3) is 0 Å². The van der Waals surface area contributed by atoms with Crippen molar-refractivity contribution in [2.75, 3.05) is 0 Å². The van der Waals surface area contributed by atoms with E-state index >= 15 is 0 Å². The molecule has 0 radical (unpaired) electrons. The predicted molar refractivity (Wildman–Crippen MR) is 148 cm³/mol. The van der Waals surface area contributed by atoms with Gasteiger partial charge < -0.3 is 58.5 Å². The normalized spacial score (nSPS) is 12.3. The van der Waals surface area contributed by atoms with Gasteiger partial charge in [-0.25, -0.2) is 19.2 Å². The van der Waals surface area contributed by atoms with Crippen LogP contribution in [0.25, 0.3) is 76.2 Å². The molecule has 8 N–H and O–H groups in total. The van der Waals surface area contributed by atoms with Crippen molar-refractivity contribution in [3.05, 3.63) is 53.8 Å². The molecule has 8 aromatic rings. The van der Waals surface area contributed by atoms with Crippen LogP contribution in [0.3, 0.4) is 0 Å². The Morgan fingerprint density at radius 2 is 0.636 bits per heavy atom. The number of aromatic hydroxyl groups is 8. The second-order valence-electron chi connectivity index (χ2n) is 9.85. The Morgan fingerprint density at radius 1 is 0.341 bits per heavy atom. The van der Waals surface area contributed by atoms with E-state index < -0.39 is 145 Å². The molecule has 0 unspecified atom stereocenters. The number of fused-ring (bicyclic) bond motifs is 8. The second kappa shape index (κ2) is 7.51. The first kappa shape index (κ1) is 24.9. The highest BCUT2D eigenvalue weighted by molar-refractivity contribution is 6.36. The zero-order valence-electron chi connectivity index (χ0n) is 21.0. The van der Waals surface area contributed by atoms with Crippen LogP contribution >= 0.6 is 0 Å². The lowest BCUT2D eigenvalue weighted by Gasteiger charge is -2.16. The molecule has 4 heterocycles. The van der Waals surface area contributed by atoms with Gasteiger partial charge in [0.2, 0.25) is 23.0 Å². The van der Waals surface area contributed by atoms with E-state index in [9.17, 15) is 60.0 Å². The number of benzene rings is 4. The second-order valence-corrected chi connectivity index (χ2v) is 9.85. The van der Waals surface area contributed by atoms with Crippen molar-refractivity contribution in [1.82, 2.24) is 0 Å². The summed E-state index contributed by atoms with van der Waals surface area (Å²) >= 11 is 0. The molecule has 16 heteroatoms. The van der Waals surface area contributed by atoms with E-state index in [1.165, 1.54) is 0 Å². The van der Waals surface area contributed by atoms with Crippen molar-refractivity contribution in [1.29, 1.82) is 0 Å². The van der Waals surface area contributed by atoms with Gasteiger partial charge >= 0.3 is 22.5 Å². The molecule has 218 valence electrons. The minimum Gasteiger partial charge on any atom is -0.504 e. The van der Waals surface area contributed by atoms with Crippen molar-refractivity contribution in [3.63, 3.8) is 0 Å². The van der Waals surface area contributed by atoms with Crippen LogP contribution in [0.4, 0.5) is 0 Å². The maximum atomic E-state index is 13.6. The third-order valence-corrected chi connectivity index (χ3v) is 7.65. The van der Waals surface area contributed by atoms with Gasteiger partial charge in [-0.05, 0) is 12.1 Å². The molecule has 0 aliphatic carbocycles. The third-order valence-electron chi connectivity index (χ3n) is 7.65. The van der Waals surface area contributed by atoms with E-state index in [4.69, 9.17) is 17.7 Å². The monoisotopic (exact) mass is 602 g/mol. The fourth-order valence-corrected chi connectivity index (χ4v) is 5.84. The van der Waals surface area contributed by atoms with Crippen molar-refractivity contribution >= 4 is 76.2 Å². The molecule has 0 fully saturated rings. The van der Waals surface area contributed by atoms with E-state index in [0.29, 0.717) is 0 Å². The van der Waals surface area contributed by atoms with Gasteiger partial charge in [-0.3, -0.25) is 0 Å². The summed E-state index contributed by atoms with van der Waals surface area (Å²) in [6.07, 6.45) is 0. The van der Waals surface area contributed by atoms with Crippen LogP contribution in [-0.2, 0) is 0 Å². The lowest BCUT2D eigenvalue weighted by Crippen LogP contribution is -2.10. The zero-order chi connectivity index (χ0) is 31.3. The first-order chi connectivity index (χ1) is 20.8. The summed E-state index contributed by atoms with van der Waals surface area (Å²) in [6, 6.07) is 1.45. The number of rotatable bonds is 0. The van der Waals surface area contributed by atoms with Crippen molar-refractivity contribution in [2.45, 2.75) is 0 Å². The van der Waals surface area contributed by atoms with Crippen LogP contribution in [0.1, 0.15) is 0 Å². The van der Waals surface area contributed by atoms with E-state index in [-0.39, 0.29) is 0 Å². The average molecular weight is 602 g/mol. The number of hydrogen-bond donors (Lipinski definition) is 8. The van der Waals surface area contributed by atoms with E-state index in [1.807, 2.05) is 0 Å². The maximum Gasteiger partial charge on any atom is 0.345 e. The molecule has 0 aliphatic rings. The summed E-state index contributed by atoms with van der Waals surface area (Å²) in [6.45, 7) is 0. The summed E-state index contributed by atoms with van der Waals surface area (Å²) in [7, 11) is 0. The van der Waals surface area contributed by atoms with Gasteiger partial charge in [-0.1, -0.05) is 0 Å². The Labute approximate surface area is 234 Å². The molecule has 0 amide bonds. The number of hydrogen-bond acceptors (Lipinski definition) is 16. The molecule has 0 aliphatic heterocycles. The zero-order valence-corrected chi connectivity index (χ0v) is 21.0. The Bertz CT molecular complexity index is 2740. The summed E-state index contributed by atoms with van der Waals surface area (Å²) in [4.78, 5) is 52.7. The summed E-state index contributed by atoms with van der Waals surface area (Å²) in [5.74, 6) is -8.36. The van der Waals surface area contributed by atoms with Crippen molar-refractivity contribution < 1.29 is 58.5 Å². The van der Waals surface area contributed by atoms with Crippen LogP contribution < -0.4 is 22.5 Å². The highest BCUT2D eigenvalue weighted by atomic mass is 16.4. The third kappa shape index (κ3) is 2.62. The van der Waals surface area contributed by atoms with Crippen LogP contribution in [0.5, 0.6) is 46.0 Å². The first-order valence-corrected chi connectivity index (χ1v) is 12.1. The van der Waals surface area contributed by atoms with Crippen LogP contribution in [0.15, 0.2) is 49.0 Å². The van der Waals surface area contributed by atoms with Gasteiger partial charge in [-0.2, -0.15) is 0 Å². The minimum atomic E-state index is -1.34. The lowest BCUT2D eigenvalue weighted by molar-refractivity contribution is 0.371. The summed E-state index contributed by atoms with van der Waals surface area (Å²) in [5, 5.41) is 78.8. The largest absolute Gasteiger partial charge is 0.504 e. The van der Waals surface area contributed by atoms with E-state index in [1.54, 1.807) is 0 Å². The quantitative estimate of drug-likeness (QED) is 0.0535. The SMILES string of the molecule is O=c1oc2c(O)c3oc(=O)c4c5c(oc(=O)c6cc(O)c(O)c(O)c65)c(O)c5oc(=O)c(c2c2c(O)c(O)c(O)cc12)c3c54. The van der Waals surface area contributed by atoms with Crippen LogP contribution in [-0.4, -0.2) is 40.9 Å². The highest BCUT2D eigenvalue weighted by Gasteiger charge is 2.33. The molecule has 0 spiro atoms. The molecule has 4 aromatic carbocycles. The topological polar surface area (TPSA) is 283 Å². The molecule has 44 heavy (non-hydrogen) atoms. The molecular formula is C28H10O16. The fraction of sp³-hybridized carbons (Fsp3) is 0. The highest BCUT2D eigenvalue weighted by Crippen LogP contribution is 2.52. The predicted octanol–water partition coefficient (Wildman–Crippen LogP) is 2.65. The van der Waals surface area contributed by atoms with Crippen molar-refractivity contribution in [3.8, 4) is 46.0 Å².